The number of esters is 1. The first kappa shape index (κ1) is 39.9. The van der Waals surface area contributed by atoms with Gasteiger partial charge in [0.2, 0.25) is 11.8 Å². The lowest BCUT2D eigenvalue weighted by Gasteiger charge is -2.29. The van der Waals surface area contributed by atoms with Crippen LogP contribution in [0, 0.1) is 17.3 Å². The maximum atomic E-state index is 12.8. The molecule has 1 saturated heterocycles. The molecule has 1 heterocycles. The van der Waals surface area contributed by atoms with Crippen molar-refractivity contribution in [2.75, 3.05) is 6.61 Å². The lowest BCUT2D eigenvalue weighted by atomic mass is 9.93. The van der Waals surface area contributed by atoms with Crippen LogP contribution in [0.15, 0.2) is 109 Å². The number of likely N-dealkylation sites (tertiary alicyclic amines) is 1. The molecule has 2 amide bonds. The minimum absolute atomic E-state index is 0. The second-order valence-electron chi connectivity index (χ2n) is 14.2. The van der Waals surface area contributed by atoms with Crippen LogP contribution in [0.4, 0.5) is 0 Å². The Morgan fingerprint density at radius 2 is 1.26 bits per heavy atom. The number of nitrogens with zero attached hydrogens (tertiary/aromatic N) is 1. The van der Waals surface area contributed by atoms with Crippen molar-refractivity contribution in [3.8, 4) is 22.3 Å². The van der Waals surface area contributed by atoms with E-state index < -0.39 is 5.41 Å². The Kier molecular flexibility index (Phi) is 14.7. The summed E-state index contributed by atoms with van der Waals surface area (Å²) >= 11 is 0. The highest BCUT2D eigenvalue weighted by atomic mass is 16.5. The molecule has 1 aliphatic rings. The van der Waals surface area contributed by atoms with E-state index in [0.29, 0.717) is 19.4 Å². The Bertz CT molecular complexity index is 1640. The van der Waals surface area contributed by atoms with Crippen molar-refractivity contribution < 1.29 is 19.1 Å². The quantitative estimate of drug-likeness (QED) is 0.169. The number of hydrogen-bond acceptors (Lipinski definition) is 5. The first-order valence-corrected chi connectivity index (χ1v) is 17.5. The summed E-state index contributed by atoms with van der Waals surface area (Å²) in [5.74, 6) is -0.514. The van der Waals surface area contributed by atoms with Crippen molar-refractivity contribution in [1.29, 1.82) is 0 Å². The van der Waals surface area contributed by atoms with E-state index in [9.17, 15) is 14.4 Å². The predicted molar refractivity (Wildman–Crippen MR) is 205 cm³/mol. The maximum Gasteiger partial charge on any atom is 0.308 e. The summed E-state index contributed by atoms with van der Waals surface area (Å²) in [5, 5.41) is 0. The second-order valence-corrected chi connectivity index (χ2v) is 14.2. The van der Waals surface area contributed by atoms with Gasteiger partial charge in [-0.15, -0.1) is 0 Å². The van der Waals surface area contributed by atoms with Gasteiger partial charge in [0.05, 0.1) is 12.5 Å². The molecule has 50 heavy (non-hydrogen) atoms. The van der Waals surface area contributed by atoms with E-state index in [1.54, 1.807) is 0 Å². The number of benzene rings is 4. The van der Waals surface area contributed by atoms with Gasteiger partial charge in [0.1, 0.15) is 0 Å². The van der Waals surface area contributed by atoms with Gasteiger partial charge in [-0.05, 0) is 66.0 Å². The van der Waals surface area contributed by atoms with Crippen LogP contribution in [0.1, 0.15) is 72.9 Å². The molecule has 0 bridgehead atoms. The van der Waals surface area contributed by atoms with Crippen LogP contribution in [-0.4, -0.2) is 41.4 Å². The first-order chi connectivity index (χ1) is 23.4. The summed E-state index contributed by atoms with van der Waals surface area (Å²) in [5.41, 5.74) is 12.7. The summed E-state index contributed by atoms with van der Waals surface area (Å²) < 4.78 is 5.02. The molecule has 4 atom stereocenters. The molecule has 266 valence electrons. The van der Waals surface area contributed by atoms with Crippen LogP contribution in [-0.2, 0) is 32.0 Å². The van der Waals surface area contributed by atoms with Crippen molar-refractivity contribution in [1.82, 2.24) is 4.90 Å². The Morgan fingerprint density at radius 1 is 0.800 bits per heavy atom. The van der Waals surface area contributed by atoms with E-state index in [2.05, 4.69) is 72.8 Å². The van der Waals surface area contributed by atoms with Gasteiger partial charge in [-0.25, -0.2) is 0 Å². The molecule has 5 rings (SSSR count). The van der Waals surface area contributed by atoms with Crippen LogP contribution in [0.2, 0.25) is 0 Å². The van der Waals surface area contributed by atoms with Crippen LogP contribution in [0.5, 0.6) is 0 Å². The molecule has 0 aliphatic carbocycles. The number of nitrogens with two attached hydrogens (primary N) is 1. The average Bonchev–Trinajstić information content (AvgIpc) is 3.37. The lowest BCUT2D eigenvalue weighted by molar-refractivity contribution is -0.150. The molecule has 4 aromatic rings. The lowest BCUT2D eigenvalue weighted by Crippen LogP contribution is -2.46. The van der Waals surface area contributed by atoms with Gasteiger partial charge in [0.25, 0.3) is 0 Å². The van der Waals surface area contributed by atoms with Gasteiger partial charge < -0.3 is 10.5 Å². The Morgan fingerprint density at radius 3 is 1.72 bits per heavy atom. The summed E-state index contributed by atoms with van der Waals surface area (Å²) in [7, 11) is 0. The number of imide groups is 1. The van der Waals surface area contributed by atoms with Gasteiger partial charge >= 0.3 is 5.97 Å². The second kappa shape index (κ2) is 18.4. The summed E-state index contributed by atoms with van der Waals surface area (Å²) in [6.45, 7) is 11.6. The molecule has 0 spiro atoms. The Hall–Kier alpha value is -4.55. The van der Waals surface area contributed by atoms with E-state index in [1.807, 2.05) is 77.9 Å². The SMILES string of the molecule is C.CC1C[C@@H](Cc2ccc(-c3ccccc3)cc2)N(C(=O)C(C)(C)C)C1=O.CCOC(=O)[C@H](C)CC(N)Cc1ccc(-c2ccccc2)cc1. The first-order valence-electron chi connectivity index (χ1n) is 17.5. The minimum atomic E-state index is -0.546. The van der Waals surface area contributed by atoms with Crippen LogP contribution < -0.4 is 5.73 Å². The number of amides is 2. The molecule has 0 aromatic heterocycles. The topological polar surface area (TPSA) is 89.7 Å². The molecule has 2 unspecified atom stereocenters. The molecular weight excluding hydrogens is 620 g/mol. The standard InChI is InChI=1S/C23H27NO2.C20H25NO2.CH4/c1-16-14-20(24(21(16)25)22(26)23(2,3)4)15-17-10-12-19(13-11-17)18-8-6-5-7-9-18;1-3-23-20(22)15(2)13-19(21)14-16-9-11-18(12-10-16)17-7-5-4-6-8-17;/h5-13,16,20H,14-15H2,1-4H3;4-12,15,19H,3,13-14,21H2,1-2H3;1H4/t16?,20-;15-,19?;/m01./s1. The molecular formula is C44H56N2O4. The van der Waals surface area contributed by atoms with Crippen molar-refractivity contribution in [3.63, 3.8) is 0 Å². The minimum Gasteiger partial charge on any atom is -0.466 e. The molecule has 6 heteroatoms. The van der Waals surface area contributed by atoms with Crippen LogP contribution in [0.3, 0.4) is 0 Å². The van der Waals surface area contributed by atoms with Gasteiger partial charge in [-0.2, -0.15) is 0 Å². The summed E-state index contributed by atoms with van der Waals surface area (Å²) in [6, 6.07) is 37.3. The molecule has 2 N–H and O–H groups in total. The number of carbonyl (C=O) groups is 3. The summed E-state index contributed by atoms with van der Waals surface area (Å²) in [6.07, 6.45) is 2.85. The molecule has 0 saturated carbocycles. The van der Waals surface area contributed by atoms with Crippen molar-refractivity contribution in [3.05, 3.63) is 120 Å². The van der Waals surface area contributed by atoms with Crippen molar-refractivity contribution in [2.24, 2.45) is 23.0 Å². The van der Waals surface area contributed by atoms with E-state index in [0.717, 1.165) is 18.4 Å². The van der Waals surface area contributed by atoms with E-state index in [4.69, 9.17) is 10.5 Å². The van der Waals surface area contributed by atoms with E-state index in [1.165, 1.54) is 32.7 Å². The van der Waals surface area contributed by atoms with Gasteiger partial charge in [-0.1, -0.05) is 151 Å². The molecule has 1 fully saturated rings. The highest BCUT2D eigenvalue weighted by molar-refractivity contribution is 6.00. The van der Waals surface area contributed by atoms with Gasteiger partial charge in [-0.3, -0.25) is 19.3 Å². The zero-order chi connectivity index (χ0) is 35.6. The van der Waals surface area contributed by atoms with Crippen molar-refractivity contribution in [2.45, 2.75) is 86.7 Å². The maximum absolute atomic E-state index is 12.8. The number of rotatable bonds is 10. The number of carbonyl (C=O) groups excluding carboxylic acids is 3. The smallest absolute Gasteiger partial charge is 0.308 e. The zero-order valence-corrected chi connectivity index (χ0v) is 29.9. The molecule has 4 aromatic carbocycles. The fourth-order valence-corrected chi connectivity index (χ4v) is 6.25. The third-order valence-corrected chi connectivity index (χ3v) is 8.95. The summed E-state index contributed by atoms with van der Waals surface area (Å²) in [4.78, 5) is 38.5. The third kappa shape index (κ3) is 11.0. The fourth-order valence-electron chi connectivity index (χ4n) is 6.25. The van der Waals surface area contributed by atoms with Gasteiger partial charge in [0, 0.05) is 23.4 Å². The average molecular weight is 677 g/mol. The Balaban J connectivity index is 0.000000267. The van der Waals surface area contributed by atoms with E-state index in [-0.39, 0.29) is 49.1 Å². The third-order valence-electron chi connectivity index (χ3n) is 8.95. The van der Waals surface area contributed by atoms with Crippen molar-refractivity contribution >= 4 is 17.8 Å². The number of ether oxygens (including phenoxy) is 1. The van der Waals surface area contributed by atoms with Crippen LogP contribution in [0.25, 0.3) is 22.3 Å². The normalized spacial score (nSPS) is 16.8. The van der Waals surface area contributed by atoms with Crippen LogP contribution >= 0.6 is 0 Å². The highest BCUT2D eigenvalue weighted by Gasteiger charge is 2.43. The van der Waals surface area contributed by atoms with Gasteiger partial charge in [0.15, 0.2) is 0 Å². The number of hydrogen-bond donors (Lipinski definition) is 1. The molecule has 1 aliphatic heterocycles. The van der Waals surface area contributed by atoms with E-state index >= 15 is 0 Å². The molecule has 0 radical (unpaired) electrons. The monoisotopic (exact) mass is 676 g/mol. The molecule has 6 nitrogen and oxygen atoms in total. The zero-order valence-electron chi connectivity index (χ0n) is 29.9. The fraction of sp³-hybridized carbons (Fsp3) is 0.386. The predicted octanol–water partition coefficient (Wildman–Crippen LogP) is 9.15. The largest absolute Gasteiger partial charge is 0.466 e. The Labute approximate surface area is 300 Å². The highest BCUT2D eigenvalue weighted by Crippen LogP contribution is 2.32.